The lowest BCUT2D eigenvalue weighted by Crippen LogP contribution is -2.39. The van der Waals surface area contributed by atoms with Crippen molar-refractivity contribution < 1.29 is 0 Å². The third kappa shape index (κ3) is 0.585. The van der Waals surface area contributed by atoms with Gasteiger partial charge in [-0.3, -0.25) is 0 Å². The van der Waals surface area contributed by atoms with Crippen molar-refractivity contribution in [3.8, 4) is 0 Å². The molecule has 3 aliphatic carbocycles. The van der Waals surface area contributed by atoms with E-state index in [1.807, 2.05) is 0 Å². The molecule has 0 heterocycles. The molecule has 0 aromatic heterocycles. The van der Waals surface area contributed by atoms with E-state index in [4.69, 9.17) is 5.73 Å². The van der Waals surface area contributed by atoms with Crippen LogP contribution in [-0.4, -0.2) is 6.04 Å². The summed E-state index contributed by atoms with van der Waals surface area (Å²) in [5.41, 5.74) is 7.77. The Balaban J connectivity index is 1.68. The van der Waals surface area contributed by atoms with Crippen LogP contribution in [-0.2, 0) is 0 Å². The van der Waals surface area contributed by atoms with Crippen molar-refractivity contribution in [2.45, 2.75) is 45.6 Å². The third-order valence-corrected chi connectivity index (χ3v) is 4.78. The first kappa shape index (κ1) is 7.37. The maximum Gasteiger partial charge on any atom is 0.0104 e. The Bertz CT molecular complexity index is 231. The highest BCUT2D eigenvalue weighted by Crippen LogP contribution is 2.95. The standard InChI is InChI=1S/C11H19N/c1-7(2)3-9(12)11-5-8-4-10(8,11)6-11/h7-9H,3-6,12H2,1-2H3. The first-order chi connectivity index (χ1) is 5.61. The summed E-state index contributed by atoms with van der Waals surface area (Å²) >= 11 is 0. The lowest BCUT2D eigenvalue weighted by Gasteiger charge is -2.32. The summed E-state index contributed by atoms with van der Waals surface area (Å²) in [6, 6.07) is 0.524. The molecular formula is C11H19N. The fraction of sp³-hybridized carbons (Fsp3) is 1.00. The van der Waals surface area contributed by atoms with Gasteiger partial charge in [-0.15, -0.1) is 0 Å². The van der Waals surface area contributed by atoms with E-state index in [2.05, 4.69) is 13.8 Å². The summed E-state index contributed by atoms with van der Waals surface area (Å²) in [7, 11) is 0. The van der Waals surface area contributed by atoms with Gasteiger partial charge in [0.15, 0.2) is 0 Å². The lowest BCUT2D eigenvalue weighted by molar-refractivity contribution is 0.209. The largest absolute Gasteiger partial charge is 0.327 e. The van der Waals surface area contributed by atoms with E-state index in [0.717, 1.165) is 17.3 Å². The second kappa shape index (κ2) is 1.75. The van der Waals surface area contributed by atoms with Gasteiger partial charge in [-0.25, -0.2) is 0 Å². The molecule has 3 rings (SSSR count). The van der Waals surface area contributed by atoms with E-state index in [-0.39, 0.29) is 0 Å². The fourth-order valence-corrected chi connectivity index (χ4v) is 3.96. The van der Waals surface area contributed by atoms with Crippen LogP contribution in [0.2, 0.25) is 0 Å². The summed E-state index contributed by atoms with van der Waals surface area (Å²) in [6.45, 7) is 4.57. The Labute approximate surface area is 74.7 Å². The highest BCUT2D eigenvalue weighted by Gasteiger charge is 2.89. The van der Waals surface area contributed by atoms with Crippen LogP contribution in [0.3, 0.4) is 0 Å². The van der Waals surface area contributed by atoms with Gasteiger partial charge in [0.25, 0.3) is 0 Å². The SMILES string of the molecule is CC(C)CC(N)C12CC3CC31C2. The van der Waals surface area contributed by atoms with Crippen LogP contribution in [0.25, 0.3) is 0 Å². The van der Waals surface area contributed by atoms with Crippen molar-refractivity contribution in [1.82, 2.24) is 0 Å². The van der Waals surface area contributed by atoms with Gasteiger partial charge < -0.3 is 5.73 Å². The van der Waals surface area contributed by atoms with Gasteiger partial charge >= 0.3 is 0 Å². The minimum absolute atomic E-state index is 0.524. The van der Waals surface area contributed by atoms with Gasteiger partial charge in [-0.2, -0.15) is 0 Å². The Morgan fingerprint density at radius 1 is 1.42 bits per heavy atom. The zero-order valence-corrected chi connectivity index (χ0v) is 8.14. The third-order valence-electron chi connectivity index (χ3n) is 4.78. The Hall–Kier alpha value is -0.0400. The minimum Gasteiger partial charge on any atom is -0.327 e. The van der Waals surface area contributed by atoms with E-state index in [1.165, 1.54) is 25.7 Å². The Kier molecular flexibility index (Phi) is 1.07. The molecule has 4 unspecified atom stereocenters. The van der Waals surface area contributed by atoms with Gasteiger partial charge in [0.1, 0.15) is 0 Å². The molecule has 0 radical (unpaired) electrons. The van der Waals surface area contributed by atoms with Gasteiger partial charge in [0, 0.05) is 6.04 Å². The number of nitrogens with two attached hydrogens (primary N) is 1. The first-order valence-corrected chi connectivity index (χ1v) is 5.36. The second-order valence-electron chi connectivity index (χ2n) is 5.83. The maximum absolute atomic E-state index is 6.27. The molecule has 1 nitrogen and oxygen atoms in total. The second-order valence-corrected chi connectivity index (χ2v) is 5.83. The molecule has 0 saturated heterocycles. The first-order valence-electron chi connectivity index (χ1n) is 5.36. The summed E-state index contributed by atoms with van der Waals surface area (Å²) in [5, 5.41) is 0. The molecule has 12 heavy (non-hydrogen) atoms. The normalized spacial score (nSPS) is 55.5. The van der Waals surface area contributed by atoms with E-state index >= 15 is 0 Å². The van der Waals surface area contributed by atoms with E-state index in [1.54, 1.807) is 0 Å². The zero-order chi connectivity index (χ0) is 8.56. The van der Waals surface area contributed by atoms with Crippen molar-refractivity contribution in [2.24, 2.45) is 28.4 Å². The van der Waals surface area contributed by atoms with Crippen LogP contribution >= 0.6 is 0 Å². The van der Waals surface area contributed by atoms with E-state index in [9.17, 15) is 0 Å². The molecule has 3 saturated carbocycles. The number of hydrogen-bond acceptors (Lipinski definition) is 1. The van der Waals surface area contributed by atoms with Crippen LogP contribution < -0.4 is 5.73 Å². The van der Waals surface area contributed by atoms with Crippen LogP contribution in [0, 0.1) is 22.7 Å². The molecule has 0 bridgehead atoms. The fourth-order valence-electron chi connectivity index (χ4n) is 3.96. The number of hydrogen-bond donors (Lipinski definition) is 1. The van der Waals surface area contributed by atoms with Crippen LogP contribution in [0.15, 0.2) is 0 Å². The summed E-state index contributed by atoms with van der Waals surface area (Å²) in [4.78, 5) is 0. The maximum atomic E-state index is 6.27. The zero-order valence-electron chi connectivity index (χ0n) is 8.14. The topological polar surface area (TPSA) is 26.0 Å². The van der Waals surface area contributed by atoms with Crippen LogP contribution in [0.4, 0.5) is 0 Å². The van der Waals surface area contributed by atoms with Crippen LogP contribution in [0.5, 0.6) is 0 Å². The molecule has 2 N–H and O–H groups in total. The molecule has 68 valence electrons. The summed E-state index contributed by atoms with van der Waals surface area (Å²) in [5.74, 6) is 1.90. The highest BCUT2D eigenvalue weighted by molar-refractivity contribution is 5.38. The average molecular weight is 165 g/mol. The van der Waals surface area contributed by atoms with Gasteiger partial charge in [-0.1, -0.05) is 13.8 Å². The Morgan fingerprint density at radius 3 is 2.50 bits per heavy atom. The Morgan fingerprint density at radius 2 is 2.17 bits per heavy atom. The molecule has 1 heteroatoms. The van der Waals surface area contributed by atoms with Gasteiger partial charge in [-0.05, 0) is 48.3 Å². The monoisotopic (exact) mass is 165 g/mol. The van der Waals surface area contributed by atoms with E-state index < -0.39 is 0 Å². The van der Waals surface area contributed by atoms with Crippen molar-refractivity contribution in [2.75, 3.05) is 0 Å². The smallest absolute Gasteiger partial charge is 0.0104 e. The average Bonchev–Trinajstić information content (AvgIpc) is 2.73. The summed E-state index contributed by atoms with van der Waals surface area (Å²) < 4.78 is 0. The van der Waals surface area contributed by atoms with Crippen molar-refractivity contribution in [1.29, 1.82) is 0 Å². The quantitative estimate of drug-likeness (QED) is 0.681. The van der Waals surface area contributed by atoms with Gasteiger partial charge in [0.05, 0.1) is 0 Å². The predicted molar refractivity (Wildman–Crippen MR) is 49.6 cm³/mol. The van der Waals surface area contributed by atoms with E-state index in [0.29, 0.717) is 11.5 Å². The van der Waals surface area contributed by atoms with Crippen molar-refractivity contribution >= 4 is 0 Å². The number of rotatable bonds is 3. The molecule has 0 aromatic carbocycles. The van der Waals surface area contributed by atoms with Gasteiger partial charge in [0.2, 0.25) is 0 Å². The van der Waals surface area contributed by atoms with Crippen molar-refractivity contribution in [3.63, 3.8) is 0 Å². The van der Waals surface area contributed by atoms with Crippen molar-refractivity contribution in [3.05, 3.63) is 0 Å². The molecule has 3 aliphatic rings. The summed E-state index contributed by atoms with van der Waals surface area (Å²) in [6.07, 6.45) is 5.73. The molecule has 1 spiro atoms. The molecule has 0 amide bonds. The molecule has 0 aliphatic heterocycles. The van der Waals surface area contributed by atoms with Crippen LogP contribution in [0.1, 0.15) is 39.5 Å². The highest BCUT2D eigenvalue weighted by atomic mass is 15.0. The predicted octanol–water partition coefficient (Wildman–Crippen LogP) is 2.16. The minimum atomic E-state index is 0.524. The molecule has 3 fully saturated rings. The lowest BCUT2D eigenvalue weighted by atomic mass is 9.76. The molecule has 0 aromatic rings. The molecular weight excluding hydrogens is 146 g/mol. The molecule has 4 atom stereocenters.